The van der Waals surface area contributed by atoms with E-state index in [0.717, 1.165) is 5.75 Å². The molecule has 0 atom stereocenters. The van der Waals surface area contributed by atoms with E-state index >= 15 is 0 Å². The third kappa shape index (κ3) is 5.13. The van der Waals surface area contributed by atoms with Crippen LogP contribution in [0.2, 0.25) is 0 Å². The summed E-state index contributed by atoms with van der Waals surface area (Å²) in [5.41, 5.74) is 0.628. The molecule has 7 heteroatoms. The summed E-state index contributed by atoms with van der Waals surface area (Å²) in [6.45, 7) is 0.758. The van der Waals surface area contributed by atoms with Crippen molar-refractivity contribution >= 4 is 5.91 Å². The minimum atomic E-state index is -0.0830. The number of para-hydroxylation sites is 1. The van der Waals surface area contributed by atoms with Gasteiger partial charge >= 0.3 is 0 Å². The van der Waals surface area contributed by atoms with Gasteiger partial charge in [-0.2, -0.15) is 0 Å². The molecule has 7 nitrogen and oxygen atoms in total. The van der Waals surface area contributed by atoms with E-state index in [-0.39, 0.29) is 12.3 Å². The molecule has 0 bridgehead atoms. The Kier molecular flexibility index (Phi) is 5.71. The fourth-order valence-corrected chi connectivity index (χ4v) is 2.12. The number of rotatable bonds is 8. The molecule has 0 saturated carbocycles. The molecular weight excluding hydrogens is 320 g/mol. The molecule has 0 aliphatic carbocycles. The minimum Gasteiger partial charge on any atom is -0.493 e. The topological polar surface area (TPSA) is 90.1 Å². The maximum absolute atomic E-state index is 11.8. The molecule has 0 unspecified atom stereocenters. The van der Waals surface area contributed by atoms with Crippen molar-refractivity contribution in [1.82, 2.24) is 20.5 Å². The Hall–Kier alpha value is -3.22. The number of carbonyl (C=O) groups excluding carboxylic acids is 1. The average Bonchev–Trinajstić information content (AvgIpc) is 3.12. The second-order valence-electron chi connectivity index (χ2n) is 5.23. The summed E-state index contributed by atoms with van der Waals surface area (Å²) in [7, 11) is 0. The predicted molar refractivity (Wildman–Crippen MR) is 90.8 cm³/mol. The van der Waals surface area contributed by atoms with Crippen LogP contribution in [0.5, 0.6) is 5.75 Å². The average molecular weight is 338 g/mol. The highest BCUT2D eigenvalue weighted by Crippen LogP contribution is 2.14. The summed E-state index contributed by atoms with van der Waals surface area (Å²) in [5.74, 6) is 1.50. The van der Waals surface area contributed by atoms with Crippen LogP contribution in [0.3, 0.4) is 0 Å². The van der Waals surface area contributed by atoms with Gasteiger partial charge in [0.05, 0.1) is 13.0 Å². The third-order valence-corrected chi connectivity index (χ3v) is 3.35. The van der Waals surface area contributed by atoms with Crippen molar-refractivity contribution in [3.8, 4) is 17.3 Å². The third-order valence-electron chi connectivity index (χ3n) is 3.35. The number of hydrogen-bond acceptors (Lipinski definition) is 6. The summed E-state index contributed by atoms with van der Waals surface area (Å²) in [5, 5.41) is 10.7. The molecule has 0 saturated heterocycles. The van der Waals surface area contributed by atoms with Gasteiger partial charge in [-0.1, -0.05) is 24.3 Å². The Morgan fingerprint density at radius 1 is 1.08 bits per heavy atom. The molecule has 1 amide bonds. The van der Waals surface area contributed by atoms with Crippen molar-refractivity contribution in [3.05, 3.63) is 60.6 Å². The highest BCUT2D eigenvalue weighted by atomic mass is 16.5. The molecule has 1 N–H and O–H groups in total. The second-order valence-corrected chi connectivity index (χ2v) is 5.23. The van der Waals surface area contributed by atoms with Gasteiger partial charge in [0.25, 0.3) is 5.89 Å². The van der Waals surface area contributed by atoms with E-state index in [2.05, 4.69) is 20.5 Å². The van der Waals surface area contributed by atoms with E-state index in [9.17, 15) is 4.79 Å². The SMILES string of the molecule is O=C(CCOc1ccccc1)NCCc1nnc(-c2ccccn2)o1. The number of aromatic nitrogens is 3. The lowest BCUT2D eigenvalue weighted by atomic mass is 10.3. The lowest BCUT2D eigenvalue weighted by molar-refractivity contribution is -0.121. The lowest BCUT2D eigenvalue weighted by Gasteiger charge is -2.06. The fraction of sp³-hybridized carbons (Fsp3) is 0.222. The maximum atomic E-state index is 11.8. The number of nitrogens with zero attached hydrogens (tertiary/aromatic N) is 3. The van der Waals surface area contributed by atoms with Gasteiger partial charge in [-0.25, -0.2) is 0 Å². The molecule has 0 aliphatic heterocycles. The van der Waals surface area contributed by atoms with Crippen LogP contribution in [0, 0.1) is 0 Å². The minimum absolute atomic E-state index is 0.0830. The molecule has 25 heavy (non-hydrogen) atoms. The van der Waals surface area contributed by atoms with Crippen LogP contribution in [0.15, 0.2) is 59.1 Å². The van der Waals surface area contributed by atoms with E-state index < -0.39 is 0 Å². The largest absolute Gasteiger partial charge is 0.493 e. The summed E-state index contributed by atoms with van der Waals surface area (Å²) in [6, 6.07) is 14.9. The van der Waals surface area contributed by atoms with Gasteiger partial charge in [-0.3, -0.25) is 9.78 Å². The van der Waals surface area contributed by atoms with Crippen molar-refractivity contribution in [2.24, 2.45) is 0 Å². The van der Waals surface area contributed by atoms with Crippen LogP contribution >= 0.6 is 0 Å². The van der Waals surface area contributed by atoms with Crippen molar-refractivity contribution in [2.45, 2.75) is 12.8 Å². The number of nitrogens with one attached hydrogen (secondary N) is 1. The molecule has 0 fully saturated rings. The predicted octanol–water partition coefficient (Wildman–Crippen LogP) is 2.26. The van der Waals surface area contributed by atoms with Gasteiger partial charge in [0, 0.05) is 19.2 Å². The van der Waals surface area contributed by atoms with Crippen LogP contribution in [-0.4, -0.2) is 34.2 Å². The molecule has 0 spiro atoms. The van der Waals surface area contributed by atoms with Crippen molar-refractivity contribution in [2.75, 3.05) is 13.2 Å². The Bertz CT molecular complexity index is 790. The molecule has 2 aromatic heterocycles. The Labute approximate surface area is 145 Å². The first-order chi connectivity index (χ1) is 12.3. The molecule has 0 aliphatic rings. The van der Waals surface area contributed by atoms with Gasteiger partial charge in [0.15, 0.2) is 0 Å². The molecule has 128 valence electrons. The summed E-state index contributed by atoms with van der Waals surface area (Å²) in [6.07, 6.45) is 2.42. The number of amides is 1. The van der Waals surface area contributed by atoms with E-state index in [1.807, 2.05) is 42.5 Å². The number of hydrogen-bond donors (Lipinski definition) is 1. The molecule has 0 radical (unpaired) electrons. The van der Waals surface area contributed by atoms with Gasteiger partial charge in [0.2, 0.25) is 11.8 Å². The number of pyridine rings is 1. The zero-order valence-corrected chi connectivity index (χ0v) is 13.6. The highest BCUT2D eigenvalue weighted by molar-refractivity contribution is 5.75. The van der Waals surface area contributed by atoms with Gasteiger partial charge in [-0.05, 0) is 24.3 Å². The standard InChI is InChI=1S/C18H18N4O3/c23-16(10-13-24-14-6-2-1-3-7-14)20-12-9-17-21-22-18(25-17)15-8-4-5-11-19-15/h1-8,11H,9-10,12-13H2,(H,20,23). The maximum Gasteiger partial charge on any atom is 0.266 e. The van der Waals surface area contributed by atoms with E-state index in [1.54, 1.807) is 12.3 Å². The normalized spacial score (nSPS) is 10.4. The highest BCUT2D eigenvalue weighted by Gasteiger charge is 2.09. The Morgan fingerprint density at radius 3 is 2.72 bits per heavy atom. The van der Waals surface area contributed by atoms with Crippen molar-refractivity contribution < 1.29 is 13.9 Å². The molecule has 3 rings (SSSR count). The molecular formula is C18H18N4O3. The molecule has 3 aromatic rings. The van der Waals surface area contributed by atoms with E-state index in [1.165, 1.54) is 0 Å². The first-order valence-electron chi connectivity index (χ1n) is 7.99. The first kappa shape index (κ1) is 16.6. The van der Waals surface area contributed by atoms with Crippen molar-refractivity contribution in [3.63, 3.8) is 0 Å². The zero-order valence-electron chi connectivity index (χ0n) is 13.6. The van der Waals surface area contributed by atoms with E-state index in [0.29, 0.717) is 37.0 Å². The van der Waals surface area contributed by atoms with Gasteiger partial charge < -0.3 is 14.5 Å². The Balaban J connectivity index is 1.36. The second kappa shape index (κ2) is 8.58. The number of carbonyl (C=O) groups is 1. The van der Waals surface area contributed by atoms with Crippen molar-refractivity contribution in [1.29, 1.82) is 0 Å². The van der Waals surface area contributed by atoms with Crippen LogP contribution < -0.4 is 10.1 Å². The smallest absolute Gasteiger partial charge is 0.266 e. The fourth-order valence-electron chi connectivity index (χ4n) is 2.12. The number of benzene rings is 1. The lowest BCUT2D eigenvalue weighted by Crippen LogP contribution is -2.27. The van der Waals surface area contributed by atoms with Gasteiger partial charge in [-0.15, -0.1) is 10.2 Å². The van der Waals surface area contributed by atoms with Crippen LogP contribution in [-0.2, 0) is 11.2 Å². The molecule has 2 heterocycles. The van der Waals surface area contributed by atoms with Crippen LogP contribution in [0.25, 0.3) is 11.6 Å². The monoisotopic (exact) mass is 338 g/mol. The van der Waals surface area contributed by atoms with E-state index in [4.69, 9.17) is 9.15 Å². The summed E-state index contributed by atoms with van der Waals surface area (Å²) >= 11 is 0. The first-order valence-corrected chi connectivity index (χ1v) is 7.99. The molecule has 1 aromatic carbocycles. The summed E-state index contributed by atoms with van der Waals surface area (Å²) in [4.78, 5) is 15.9. The number of ether oxygens (including phenoxy) is 1. The quantitative estimate of drug-likeness (QED) is 0.677. The Morgan fingerprint density at radius 2 is 1.92 bits per heavy atom. The summed E-state index contributed by atoms with van der Waals surface area (Å²) < 4.78 is 11.0. The van der Waals surface area contributed by atoms with Gasteiger partial charge in [0.1, 0.15) is 11.4 Å². The van der Waals surface area contributed by atoms with Crippen LogP contribution in [0.4, 0.5) is 0 Å². The van der Waals surface area contributed by atoms with Crippen LogP contribution in [0.1, 0.15) is 12.3 Å². The zero-order chi connectivity index (χ0) is 17.3.